The maximum absolute atomic E-state index is 11.4. The van der Waals surface area contributed by atoms with Crippen molar-refractivity contribution in [2.75, 3.05) is 5.75 Å². The van der Waals surface area contributed by atoms with E-state index in [9.17, 15) is 13.2 Å². The Hall–Kier alpha value is -1.40. The van der Waals surface area contributed by atoms with Gasteiger partial charge in [0.05, 0.1) is 0 Å². The van der Waals surface area contributed by atoms with Crippen LogP contribution in [0.2, 0.25) is 0 Å². The lowest BCUT2D eigenvalue weighted by molar-refractivity contribution is -0.134. The van der Waals surface area contributed by atoms with Crippen LogP contribution < -0.4 is 4.72 Å². The van der Waals surface area contributed by atoms with Gasteiger partial charge in [0.1, 0.15) is 0 Å². The third-order valence-corrected chi connectivity index (χ3v) is 3.59. The number of carboxylic acid groups (broad SMARTS) is 1. The highest BCUT2D eigenvalue weighted by Crippen LogP contribution is 2.14. The summed E-state index contributed by atoms with van der Waals surface area (Å²) in [4.78, 5) is 10.4. The van der Waals surface area contributed by atoms with Gasteiger partial charge < -0.3 is 5.11 Å². The van der Waals surface area contributed by atoms with Crippen LogP contribution >= 0.6 is 0 Å². The largest absolute Gasteiger partial charge is 0.480 e. The minimum absolute atomic E-state index is 0.444. The summed E-state index contributed by atoms with van der Waals surface area (Å²) in [5.41, 5.74) is 1.87. The first-order valence-electron chi connectivity index (χ1n) is 5.08. The Morgan fingerprint density at radius 3 is 2.35 bits per heavy atom. The molecule has 0 radical (unpaired) electrons. The van der Waals surface area contributed by atoms with Crippen LogP contribution in [0.3, 0.4) is 0 Å². The highest BCUT2D eigenvalue weighted by Gasteiger charge is 2.18. The van der Waals surface area contributed by atoms with E-state index in [1.807, 2.05) is 31.2 Å². The van der Waals surface area contributed by atoms with Crippen molar-refractivity contribution >= 4 is 16.0 Å². The van der Waals surface area contributed by atoms with Gasteiger partial charge in [-0.1, -0.05) is 29.8 Å². The van der Waals surface area contributed by atoms with Crippen LogP contribution in [0.25, 0.3) is 0 Å². The fraction of sp³-hybridized carbons (Fsp3) is 0.364. The number of aryl methyl sites for hydroxylation is 1. The highest BCUT2D eigenvalue weighted by atomic mass is 32.2. The number of sulfonamides is 1. The second-order valence-electron chi connectivity index (χ2n) is 3.90. The van der Waals surface area contributed by atoms with Crippen LogP contribution in [0, 0.1) is 6.92 Å². The van der Waals surface area contributed by atoms with Crippen molar-refractivity contribution in [3.63, 3.8) is 0 Å². The first-order valence-corrected chi connectivity index (χ1v) is 6.74. The summed E-state index contributed by atoms with van der Waals surface area (Å²) in [6.07, 6.45) is 0. The molecular weight excluding hydrogens is 242 g/mol. The maximum Gasteiger partial charge on any atom is 0.320 e. The predicted molar refractivity (Wildman–Crippen MR) is 64.2 cm³/mol. The topological polar surface area (TPSA) is 83.5 Å². The molecule has 0 aliphatic heterocycles. The van der Waals surface area contributed by atoms with Crippen LogP contribution in [0.15, 0.2) is 24.3 Å². The van der Waals surface area contributed by atoms with Crippen LogP contribution in [-0.2, 0) is 14.8 Å². The van der Waals surface area contributed by atoms with E-state index >= 15 is 0 Å². The molecule has 1 atom stereocenters. The molecule has 0 heterocycles. The summed E-state index contributed by atoms with van der Waals surface area (Å²) < 4.78 is 25.1. The minimum atomic E-state index is -3.79. The van der Waals surface area contributed by atoms with E-state index in [-0.39, 0.29) is 0 Å². The quantitative estimate of drug-likeness (QED) is 0.826. The van der Waals surface area contributed by atoms with Crippen molar-refractivity contribution in [1.29, 1.82) is 0 Å². The minimum Gasteiger partial charge on any atom is -0.480 e. The van der Waals surface area contributed by atoms with Gasteiger partial charge in [0, 0.05) is 6.04 Å². The molecule has 2 N–H and O–H groups in total. The SMILES string of the molecule is Cc1ccc(C(C)NS(=O)(=O)CC(=O)O)cc1. The molecule has 94 valence electrons. The second-order valence-corrected chi connectivity index (χ2v) is 5.66. The van der Waals surface area contributed by atoms with Gasteiger partial charge in [0.25, 0.3) is 0 Å². The summed E-state index contributed by atoms with van der Waals surface area (Å²) >= 11 is 0. The molecule has 0 saturated heterocycles. The molecule has 1 rings (SSSR count). The Balaban J connectivity index is 2.75. The molecule has 0 saturated carbocycles. The van der Waals surface area contributed by atoms with Gasteiger partial charge in [-0.05, 0) is 19.4 Å². The molecule has 1 aromatic rings. The average Bonchev–Trinajstić information content (AvgIpc) is 2.15. The Bertz CT molecular complexity index is 493. The molecule has 17 heavy (non-hydrogen) atoms. The van der Waals surface area contributed by atoms with Crippen LogP contribution in [-0.4, -0.2) is 25.2 Å². The molecule has 0 aromatic heterocycles. The zero-order valence-electron chi connectivity index (χ0n) is 9.67. The number of hydrogen-bond acceptors (Lipinski definition) is 3. The van der Waals surface area contributed by atoms with Gasteiger partial charge in [-0.15, -0.1) is 0 Å². The third-order valence-electron chi connectivity index (χ3n) is 2.25. The van der Waals surface area contributed by atoms with Crippen molar-refractivity contribution in [3.8, 4) is 0 Å². The fourth-order valence-corrected chi connectivity index (χ4v) is 2.48. The van der Waals surface area contributed by atoms with E-state index in [1.165, 1.54) is 0 Å². The van der Waals surface area contributed by atoms with Crippen molar-refractivity contribution in [2.45, 2.75) is 19.9 Å². The Labute approximate surface area is 101 Å². The molecule has 1 aromatic carbocycles. The number of rotatable bonds is 5. The first kappa shape index (κ1) is 13.7. The highest BCUT2D eigenvalue weighted by molar-refractivity contribution is 7.90. The van der Waals surface area contributed by atoms with E-state index in [4.69, 9.17) is 5.11 Å². The lowest BCUT2D eigenvalue weighted by Gasteiger charge is -2.13. The van der Waals surface area contributed by atoms with Crippen LogP contribution in [0.4, 0.5) is 0 Å². The van der Waals surface area contributed by atoms with Crippen molar-refractivity contribution in [3.05, 3.63) is 35.4 Å². The summed E-state index contributed by atoms with van der Waals surface area (Å²) in [6, 6.07) is 6.92. The van der Waals surface area contributed by atoms with Crippen molar-refractivity contribution < 1.29 is 18.3 Å². The molecule has 0 spiro atoms. The lowest BCUT2D eigenvalue weighted by Crippen LogP contribution is -2.32. The average molecular weight is 257 g/mol. The zero-order chi connectivity index (χ0) is 13.1. The predicted octanol–water partition coefficient (Wildman–Crippen LogP) is 1.06. The van der Waals surface area contributed by atoms with E-state index in [0.717, 1.165) is 11.1 Å². The van der Waals surface area contributed by atoms with Gasteiger partial charge in [-0.2, -0.15) is 0 Å². The summed E-state index contributed by atoms with van der Waals surface area (Å²) in [7, 11) is -3.79. The fourth-order valence-electron chi connectivity index (χ4n) is 1.40. The first-order chi connectivity index (χ1) is 7.80. The molecular formula is C11H15NO4S. The molecule has 1 unspecified atom stereocenters. The van der Waals surface area contributed by atoms with Crippen molar-refractivity contribution in [1.82, 2.24) is 4.72 Å². The molecule has 5 nitrogen and oxygen atoms in total. The zero-order valence-corrected chi connectivity index (χ0v) is 10.5. The number of hydrogen-bond donors (Lipinski definition) is 2. The van der Waals surface area contributed by atoms with E-state index < -0.39 is 27.8 Å². The van der Waals surface area contributed by atoms with Gasteiger partial charge in [0.2, 0.25) is 10.0 Å². The van der Waals surface area contributed by atoms with Gasteiger partial charge >= 0.3 is 5.97 Å². The molecule has 6 heteroatoms. The number of aliphatic carboxylic acids is 1. The smallest absolute Gasteiger partial charge is 0.320 e. The summed E-state index contributed by atoms with van der Waals surface area (Å²) in [6.45, 7) is 3.60. The van der Waals surface area contributed by atoms with Crippen LogP contribution in [0.1, 0.15) is 24.1 Å². The van der Waals surface area contributed by atoms with Gasteiger partial charge in [-0.25, -0.2) is 13.1 Å². The number of carboxylic acids is 1. The number of carbonyl (C=O) groups is 1. The molecule has 0 bridgehead atoms. The standard InChI is InChI=1S/C11H15NO4S/c1-8-3-5-10(6-4-8)9(2)12-17(15,16)7-11(13)14/h3-6,9,12H,7H2,1-2H3,(H,13,14). The Morgan fingerprint density at radius 2 is 1.88 bits per heavy atom. The Morgan fingerprint density at radius 1 is 1.35 bits per heavy atom. The Kier molecular flexibility index (Phi) is 4.25. The van der Waals surface area contributed by atoms with Crippen molar-refractivity contribution in [2.24, 2.45) is 0 Å². The van der Waals surface area contributed by atoms with Crippen LogP contribution in [0.5, 0.6) is 0 Å². The normalized spacial score (nSPS) is 13.3. The van der Waals surface area contributed by atoms with Gasteiger partial charge in [-0.3, -0.25) is 4.79 Å². The monoisotopic (exact) mass is 257 g/mol. The molecule has 0 fully saturated rings. The summed E-state index contributed by atoms with van der Waals surface area (Å²) in [5.74, 6) is -2.28. The lowest BCUT2D eigenvalue weighted by atomic mass is 10.1. The van der Waals surface area contributed by atoms with E-state index in [2.05, 4.69) is 4.72 Å². The molecule has 0 aliphatic rings. The second kappa shape index (κ2) is 5.29. The van der Waals surface area contributed by atoms with E-state index in [0.29, 0.717) is 0 Å². The molecule has 0 amide bonds. The maximum atomic E-state index is 11.4. The number of nitrogens with one attached hydrogen (secondary N) is 1. The van der Waals surface area contributed by atoms with E-state index in [1.54, 1.807) is 6.92 Å². The van der Waals surface area contributed by atoms with Gasteiger partial charge in [0.15, 0.2) is 5.75 Å². The molecule has 0 aliphatic carbocycles. The number of benzene rings is 1. The third kappa shape index (κ3) is 4.54. The summed E-state index contributed by atoms with van der Waals surface area (Å²) in [5, 5.41) is 8.45.